The summed E-state index contributed by atoms with van der Waals surface area (Å²) in [6.45, 7) is 3.80. The van der Waals surface area contributed by atoms with Gasteiger partial charge in [0.15, 0.2) is 6.61 Å². The minimum atomic E-state index is -0.551. The van der Waals surface area contributed by atoms with Gasteiger partial charge < -0.3 is 9.47 Å². The SMILES string of the molecule is CC(C)c1ccccc1OCC(=O)OCCN1C(=O)c2ccccc2C1=O. The van der Waals surface area contributed by atoms with Crippen LogP contribution in [0.1, 0.15) is 46.0 Å². The third kappa shape index (κ3) is 4.00. The average Bonchev–Trinajstić information content (AvgIpc) is 2.91. The Kier molecular flexibility index (Phi) is 5.54. The van der Waals surface area contributed by atoms with E-state index in [0.717, 1.165) is 10.5 Å². The fraction of sp³-hybridized carbons (Fsp3) is 0.286. The van der Waals surface area contributed by atoms with Crippen molar-refractivity contribution >= 4 is 17.8 Å². The molecule has 6 nitrogen and oxygen atoms in total. The smallest absolute Gasteiger partial charge is 0.344 e. The lowest BCUT2D eigenvalue weighted by molar-refractivity contribution is -0.146. The van der Waals surface area contributed by atoms with Crippen molar-refractivity contribution in [2.24, 2.45) is 0 Å². The van der Waals surface area contributed by atoms with Gasteiger partial charge >= 0.3 is 5.97 Å². The van der Waals surface area contributed by atoms with Crippen LogP contribution in [0.15, 0.2) is 48.5 Å². The molecule has 1 aliphatic heterocycles. The minimum absolute atomic E-state index is 0.0146. The third-order valence-corrected chi connectivity index (χ3v) is 4.34. The summed E-state index contributed by atoms with van der Waals surface area (Å²) in [5, 5.41) is 0. The molecule has 27 heavy (non-hydrogen) atoms. The van der Waals surface area contributed by atoms with Crippen LogP contribution >= 0.6 is 0 Å². The molecule has 0 N–H and O–H groups in total. The lowest BCUT2D eigenvalue weighted by Crippen LogP contribution is -2.34. The Bertz CT molecular complexity index is 839. The van der Waals surface area contributed by atoms with Gasteiger partial charge in [0.05, 0.1) is 17.7 Å². The number of rotatable bonds is 7. The van der Waals surface area contributed by atoms with E-state index < -0.39 is 5.97 Å². The molecule has 6 heteroatoms. The van der Waals surface area contributed by atoms with Crippen LogP contribution < -0.4 is 4.74 Å². The Morgan fingerprint density at radius 1 is 0.963 bits per heavy atom. The standard InChI is InChI=1S/C21H21NO5/c1-14(2)15-7-5-6-10-18(15)27-13-19(23)26-12-11-22-20(24)16-8-3-4-9-17(16)21(22)25/h3-10,14H,11-13H2,1-2H3. The van der Waals surface area contributed by atoms with Crippen molar-refractivity contribution in [1.82, 2.24) is 4.90 Å². The van der Waals surface area contributed by atoms with Crippen LogP contribution in [0.4, 0.5) is 0 Å². The summed E-state index contributed by atoms with van der Waals surface area (Å²) in [4.78, 5) is 37.5. The molecule has 2 aromatic carbocycles. The largest absolute Gasteiger partial charge is 0.482 e. The molecular formula is C21H21NO5. The molecular weight excluding hydrogens is 346 g/mol. The zero-order valence-corrected chi connectivity index (χ0v) is 15.3. The maximum atomic E-state index is 12.2. The monoisotopic (exact) mass is 367 g/mol. The molecule has 0 saturated heterocycles. The molecule has 0 bridgehead atoms. The summed E-state index contributed by atoms with van der Waals surface area (Å²) in [5.74, 6) is -0.372. The number of esters is 1. The fourth-order valence-electron chi connectivity index (χ4n) is 2.96. The zero-order valence-electron chi connectivity index (χ0n) is 15.3. The van der Waals surface area contributed by atoms with E-state index in [2.05, 4.69) is 0 Å². The topological polar surface area (TPSA) is 72.9 Å². The van der Waals surface area contributed by atoms with Gasteiger partial charge in [-0.2, -0.15) is 0 Å². The summed E-state index contributed by atoms with van der Waals surface area (Å²) in [6, 6.07) is 14.2. The molecule has 2 amide bonds. The van der Waals surface area contributed by atoms with Crippen molar-refractivity contribution in [1.29, 1.82) is 0 Å². The predicted molar refractivity (Wildman–Crippen MR) is 98.8 cm³/mol. The first-order valence-corrected chi connectivity index (χ1v) is 8.81. The van der Waals surface area contributed by atoms with E-state index in [4.69, 9.17) is 9.47 Å². The van der Waals surface area contributed by atoms with Crippen LogP contribution in [0.2, 0.25) is 0 Å². The van der Waals surface area contributed by atoms with Crippen LogP contribution in [0.3, 0.4) is 0 Å². The van der Waals surface area contributed by atoms with E-state index in [1.165, 1.54) is 0 Å². The Morgan fingerprint density at radius 3 is 2.19 bits per heavy atom. The van der Waals surface area contributed by atoms with Gasteiger partial charge in [0, 0.05) is 0 Å². The molecule has 3 rings (SSSR count). The molecule has 0 aromatic heterocycles. The van der Waals surface area contributed by atoms with Gasteiger partial charge in [-0.15, -0.1) is 0 Å². The van der Waals surface area contributed by atoms with E-state index >= 15 is 0 Å². The van der Waals surface area contributed by atoms with Crippen LogP contribution in [-0.4, -0.2) is 42.4 Å². The Morgan fingerprint density at radius 2 is 1.56 bits per heavy atom. The number of nitrogens with zero attached hydrogens (tertiary/aromatic N) is 1. The van der Waals surface area contributed by atoms with Gasteiger partial charge in [-0.1, -0.05) is 44.2 Å². The summed E-state index contributed by atoms with van der Waals surface area (Å²) in [7, 11) is 0. The number of fused-ring (bicyclic) bond motifs is 1. The van der Waals surface area contributed by atoms with Gasteiger partial charge in [0.2, 0.25) is 0 Å². The minimum Gasteiger partial charge on any atom is -0.482 e. The first-order chi connectivity index (χ1) is 13.0. The molecule has 0 saturated carbocycles. The van der Waals surface area contributed by atoms with Crippen molar-refractivity contribution in [3.8, 4) is 5.75 Å². The van der Waals surface area contributed by atoms with Crippen LogP contribution in [0, 0.1) is 0 Å². The molecule has 140 valence electrons. The Labute approximate surface area is 157 Å². The van der Waals surface area contributed by atoms with Crippen molar-refractivity contribution in [2.45, 2.75) is 19.8 Å². The highest BCUT2D eigenvalue weighted by Crippen LogP contribution is 2.26. The van der Waals surface area contributed by atoms with Gasteiger partial charge in [-0.3, -0.25) is 14.5 Å². The average molecular weight is 367 g/mol. The summed E-state index contributed by atoms with van der Waals surface area (Å²) in [6.07, 6.45) is 0. The predicted octanol–water partition coefficient (Wildman–Crippen LogP) is 3.03. The molecule has 2 aromatic rings. The number of carbonyl (C=O) groups excluding carboxylic acids is 3. The number of amides is 2. The Balaban J connectivity index is 1.48. The van der Waals surface area contributed by atoms with Gasteiger partial charge in [0.1, 0.15) is 12.4 Å². The molecule has 0 unspecified atom stereocenters. The summed E-state index contributed by atoms with van der Waals surface area (Å²) >= 11 is 0. The second kappa shape index (κ2) is 8.03. The number of hydrogen-bond donors (Lipinski definition) is 0. The molecule has 0 spiro atoms. The first kappa shape index (κ1) is 18.6. The highest BCUT2D eigenvalue weighted by atomic mass is 16.6. The van der Waals surface area contributed by atoms with Crippen LogP contribution in [0.25, 0.3) is 0 Å². The van der Waals surface area contributed by atoms with Crippen molar-refractivity contribution in [3.05, 3.63) is 65.2 Å². The highest BCUT2D eigenvalue weighted by molar-refractivity contribution is 6.21. The van der Waals surface area contributed by atoms with Gasteiger partial charge in [-0.05, 0) is 29.7 Å². The Hall–Kier alpha value is -3.15. The van der Waals surface area contributed by atoms with E-state index in [1.54, 1.807) is 30.3 Å². The van der Waals surface area contributed by atoms with Crippen molar-refractivity contribution < 1.29 is 23.9 Å². The number of imide groups is 1. The van der Waals surface area contributed by atoms with E-state index in [1.807, 2.05) is 32.0 Å². The quantitative estimate of drug-likeness (QED) is 0.556. The molecule has 0 atom stereocenters. The summed E-state index contributed by atoms with van der Waals surface area (Å²) < 4.78 is 10.7. The number of para-hydroxylation sites is 1. The van der Waals surface area contributed by atoms with Gasteiger partial charge in [0.25, 0.3) is 11.8 Å². The number of ether oxygens (including phenoxy) is 2. The fourth-order valence-corrected chi connectivity index (χ4v) is 2.96. The van der Waals surface area contributed by atoms with Crippen molar-refractivity contribution in [3.63, 3.8) is 0 Å². The lowest BCUT2D eigenvalue weighted by Gasteiger charge is -2.15. The van der Waals surface area contributed by atoms with Gasteiger partial charge in [-0.25, -0.2) is 4.79 Å². The maximum absolute atomic E-state index is 12.2. The van der Waals surface area contributed by atoms with Crippen LogP contribution in [-0.2, 0) is 9.53 Å². The molecule has 0 fully saturated rings. The zero-order chi connectivity index (χ0) is 19.4. The second-order valence-corrected chi connectivity index (χ2v) is 6.51. The number of benzene rings is 2. The van der Waals surface area contributed by atoms with Crippen LogP contribution in [0.5, 0.6) is 5.75 Å². The normalized spacial score (nSPS) is 13.1. The highest BCUT2D eigenvalue weighted by Gasteiger charge is 2.34. The summed E-state index contributed by atoms with van der Waals surface area (Å²) in [5.41, 5.74) is 1.77. The molecule has 1 aliphatic rings. The first-order valence-electron chi connectivity index (χ1n) is 8.81. The number of hydrogen-bond acceptors (Lipinski definition) is 5. The third-order valence-electron chi connectivity index (χ3n) is 4.34. The number of carbonyl (C=O) groups is 3. The van der Waals surface area contributed by atoms with E-state index in [0.29, 0.717) is 16.9 Å². The molecule has 1 heterocycles. The second-order valence-electron chi connectivity index (χ2n) is 6.51. The maximum Gasteiger partial charge on any atom is 0.344 e. The molecule has 0 aliphatic carbocycles. The lowest BCUT2D eigenvalue weighted by atomic mass is 10.0. The van der Waals surface area contributed by atoms with E-state index in [9.17, 15) is 14.4 Å². The van der Waals surface area contributed by atoms with Crippen molar-refractivity contribution in [2.75, 3.05) is 19.8 Å². The molecule has 0 radical (unpaired) electrons. The van der Waals surface area contributed by atoms with E-state index in [-0.39, 0.29) is 37.5 Å².